The summed E-state index contributed by atoms with van der Waals surface area (Å²) in [5.41, 5.74) is 17.1. The Morgan fingerprint density at radius 3 is 2.52 bits per heavy atom. The van der Waals surface area contributed by atoms with Gasteiger partial charge in [-0.2, -0.15) is 10.3 Å². The van der Waals surface area contributed by atoms with Crippen LogP contribution >= 0.6 is 0 Å². The van der Waals surface area contributed by atoms with E-state index in [-0.39, 0.29) is 18.5 Å². The smallest absolute Gasteiger partial charge is 0.340 e. The lowest BCUT2D eigenvalue weighted by Gasteiger charge is -2.46. The van der Waals surface area contributed by atoms with E-state index >= 15 is 0 Å². The van der Waals surface area contributed by atoms with Crippen molar-refractivity contribution in [2.45, 2.75) is 51.2 Å². The van der Waals surface area contributed by atoms with Gasteiger partial charge >= 0.3 is 5.97 Å². The van der Waals surface area contributed by atoms with Gasteiger partial charge in [0.2, 0.25) is 11.9 Å². The van der Waals surface area contributed by atoms with Crippen molar-refractivity contribution in [3.8, 4) is 17.2 Å². The number of nitrogens with two attached hydrogens (primary N) is 2. The first-order valence-electron chi connectivity index (χ1n) is 13.6. The van der Waals surface area contributed by atoms with Crippen LogP contribution in [-0.2, 0) is 11.3 Å². The van der Waals surface area contributed by atoms with Crippen LogP contribution in [0.3, 0.4) is 0 Å². The number of hydrogen-bond acceptors (Lipinski definition) is 9. The Morgan fingerprint density at radius 1 is 1.05 bits per heavy atom. The molecule has 204 valence electrons. The molecule has 3 aromatic rings. The molecule has 1 heterocycles. The molecule has 1 spiro atoms. The Kier molecular flexibility index (Phi) is 7.69. The third-order valence-electron chi connectivity index (χ3n) is 7.41. The van der Waals surface area contributed by atoms with E-state index in [0.717, 1.165) is 48.8 Å². The third-order valence-corrected chi connectivity index (χ3v) is 7.41. The molecule has 2 aliphatic rings. The van der Waals surface area contributed by atoms with Crippen molar-refractivity contribution in [2.24, 2.45) is 21.5 Å². The highest BCUT2D eigenvalue weighted by atomic mass is 16.5. The minimum Gasteiger partial charge on any atom is -0.462 e. The number of esters is 1. The summed E-state index contributed by atoms with van der Waals surface area (Å²) in [6.45, 7) is 2.48. The van der Waals surface area contributed by atoms with Gasteiger partial charge < -0.3 is 21.5 Å². The highest BCUT2D eigenvalue weighted by Crippen LogP contribution is 2.43. The SMILES string of the molecule is CCOC(=O)c1cccc(N2C(N)=NC(N)=NC23CCCCC3)c1NCc1ccc(-c2ccccc2C#N)cc1. The Bertz CT molecular complexity index is 1500. The maximum atomic E-state index is 13.1. The molecule has 0 saturated heterocycles. The molecular weight excluding hydrogens is 502 g/mol. The number of carbonyl (C=O) groups excluding carboxylic acids is 1. The molecule has 0 unspecified atom stereocenters. The average Bonchev–Trinajstić information content (AvgIpc) is 2.96. The molecule has 1 fully saturated rings. The second-order valence-corrected chi connectivity index (χ2v) is 9.95. The molecule has 0 aromatic heterocycles. The second kappa shape index (κ2) is 11.5. The van der Waals surface area contributed by atoms with Crippen molar-refractivity contribution in [2.75, 3.05) is 16.8 Å². The van der Waals surface area contributed by atoms with Gasteiger partial charge in [0.05, 0.1) is 35.2 Å². The number of rotatable bonds is 7. The molecule has 1 aliphatic carbocycles. The maximum Gasteiger partial charge on any atom is 0.340 e. The van der Waals surface area contributed by atoms with Gasteiger partial charge in [0.25, 0.3) is 0 Å². The van der Waals surface area contributed by atoms with Gasteiger partial charge in [-0.05, 0) is 67.5 Å². The average molecular weight is 536 g/mol. The summed E-state index contributed by atoms with van der Waals surface area (Å²) in [6, 6.07) is 23.3. The Labute approximate surface area is 234 Å². The first-order chi connectivity index (χ1) is 19.5. The summed E-state index contributed by atoms with van der Waals surface area (Å²) in [7, 11) is 0. The van der Waals surface area contributed by atoms with Gasteiger partial charge in [0.1, 0.15) is 5.66 Å². The van der Waals surface area contributed by atoms with E-state index in [1.54, 1.807) is 13.0 Å². The number of nitriles is 1. The van der Waals surface area contributed by atoms with E-state index in [2.05, 4.69) is 16.4 Å². The molecule has 0 bridgehead atoms. The summed E-state index contributed by atoms with van der Waals surface area (Å²) in [4.78, 5) is 24.1. The monoisotopic (exact) mass is 535 g/mol. The van der Waals surface area contributed by atoms with E-state index < -0.39 is 11.6 Å². The number of anilines is 2. The minimum atomic E-state index is -0.659. The zero-order valence-corrected chi connectivity index (χ0v) is 22.6. The third kappa shape index (κ3) is 5.21. The number of nitrogens with zero attached hydrogens (tertiary/aromatic N) is 4. The van der Waals surface area contributed by atoms with Crippen LogP contribution in [0, 0.1) is 11.3 Å². The highest BCUT2D eigenvalue weighted by molar-refractivity contribution is 6.09. The molecule has 1 saturated carbocycles. The fraction of sp³-hybridized carbons (Fsp3) is 0.290. The van der Waals surface area contributed by atoms with Crippen LogP contribution in [0.25, 0.3) is 11.1 Å². The van der Waals surface area contributed by atoms with Crippen LogP contribution < -0.4 is 21.7 Å². The number of benzene rings is 3. The molecule has 0 amide bonds. The first kappa shape index (κ1) is 26.8. The number of aliphatic imine (C=N–C) groups is 2. The van der Waals surface area contributed by atoms with Crippen molar-refractivity contribution in [1.82, 2.24) is 0 Å². The Morgan fingerprint density at radius 2 is 1.80 bits per heavy atom. The van der Waals surface area contributed by atoms with Crippen LogP contribution in [0.1, 0.15) is 60.5 Å². The predicted molar refractivity (Wildman–Crippen MR) is 158 cm³/mol. The Balaban J connectivity index is 1.50. The molecule has 3 aromatic carbocycles. The summed E-state index contributed by atoms with van der Waals surface area (Å²) < 4.78 is 5.40. The Hall–Kier alpha value is -4.84. The zero-order chi connectivity index (χ0) is 28.1. The molecular formula is C31H33N7O2. The molecule has 9 nitrogen and oxygen atoms in total. The van der Waals surface area contributed by atoms with Crippen molar-refractivity contribution in [3.63, 3.8) is 0 Å². The highest BCUT2D eigenvalue weighted by Gasteiger charge is 2.43. The quantitative estimate of drug-likeness (QED) is 0.356. The van der Waals surface area contributed by atoms with E-state index in [9.17, 15) is 10.1 Å². The topological polar surface area (TPSA) is 142 Å². The van der Waals surface area contributed by atoms with Crippen molar-refractivity contribution < 1.29 is 9.53 Å². The molecule has 0 atom stereocenters. The lowest BCUT2D eigenvalue weighted by molar-refractivity contribution is 0.0527. The number of ether oxygens (including phenoxy) is 1. The van der Waals surface area contributed by atoms with E-state index in [1.165, 1.54) is 0 Å². The van der Waals surface area contributed by atoms with Crippen molar-refractivity contribution >= 4 is 29.3 Å². The summed E-state index contributed by atoms with van der Waals surface area (Å²) in [5, 5.41) is 13.0. The lowest BCUT2D eigenvalue weighted by Crippen LogP contribution is -2.58. The lowest BCUT2D eigenvalue weighted by atomic mass is 9.87. The molecule has 5 rings (SSSR count). The van der Waals surface area contributed by atoms with E-state index in [1.807, 2.05) is 65.6 Å². The van der Waals surface area contributed by atoms with Crippen LogP contribution in [0.5, 0.6) is 0 Å². The molecule has 40 heavy (non-hydrogen) atoms. The van der Waals surface area contributed by atoms with Crippen LogP contribution in [0.2, 0.25) is 0 Å². The van der Waals surface area contributed by atoms with Gasteiger partial charge in [-0.1, -0.05) is 55.0 Å². The largest absolute Gasteiger partial charge is 0.462 e. The molecule has 0 radical (unpaired) electrons. The number of nitrogens with one attached hydrogen (secondary N) is 1. The fourth-order valence-corrected chi connectivity index (χ4v) is 5.59. The second-order valence-electron chi connectivity index (χ2n) is 9.95. The summed E-state index contributed by atoms with van der Waals surface area (Å²) in [6.07, 6.45) is 4.65. The zero-order valence-electron chi connectivity index (χ0n) is 22.6. The van der Waals surface area contributed by atoms with Gasteiger partial charge in [0, 0.05) is 6.54 Å². The number of hydrogen-bond donors (Lipinski definition) is 3. The maximum absolute atomic E-state index is 13.1. The number of para-hydroxylation sites is 1. The summed E-state index contributed by atoms with van der Waals surface area (Å²) in [5.74, 6) is -0.00715. The standard InChI is InChI=1S/C31H33N7O2/c1-2-40-28(39)25-11-8-12-26(38-30(34)36-29(33)37-31(38)17-6-3-7-18-31)27(25)35-20-21-13-15-22(16-14-21)24-10-5-4-9-23(24)19-32/h4-5,8-16,35H,2-3,6-7,17-18,20H2,1H3,(H4,33,34,36,37). The molecule has 1 aliphatic heterocycles. The van der Waals surface area contributed by atoms with Crippen LogP contribution in [0.4, 0.5) is 11.4 Å². The summed E-state index contributed by atoms with van der Waals surface area (Å²) >= 11 is 0. The normalized spacial score (nSPS) is 16.1. The van der Waals surface area contributed by atoms with Gasteiger partial charge in [0.15, 0.2) is 0 Å². The van der Waals surface area contributed by atoms with Crippen molar-refractivity contribution in [3.05, 3.63) is 83.4 Å². The van der Waals surface area contributed by atoms with E-state index in [0.29, 0.717) is 29.0 Å². The fourth-order valence-electron chi connectivity index (χ4n) is 5.59. The predicted octanol–water partition coefficient (Wildman–Crippen LogP) is 5.12. The first-order valence-corrected chi connectivity index (χ1v) is 13.6. The van der Waals surface area contributed by atoms with Gasteiger partial charge in [-0.15, -0.1) is 0 Å². The van der Waals surface area contributed by atoms with E-state index in [4.69, 9.17) is 21.2 Å². The van der Waals surface area contributed by atoms with Crippen LogP contribution in [-0.4, -0.2) is 30.2 Å². The molecule has 9 heteroatoms. The number of carbonyl (C=O) groups is 1. The number of guanidine groups is 2. The minimum absolute atomic E-state index is 0.171. The van der Waals surface area contributed by atoms with Crippen LogP contribution in [0.15, 0.2) is 76.7 Å². The van der Waals surface area contributed by atoms with Gasteiger partial charge in [-0.25, -0.2) is 9.79 Å². The van der Waals surface area contributed by atoms with Gasteiger partial charge in [-0.3, -0.25) is 4.90 Å². The van der Waals surface area contributed by atoms with Crippen molar-refractivity contribution in [1.29, 1.82) is 5.26 Å². The molecule has 5 N–H and O–H groups in total.